The lowest BCUT2D eigenvalue weighted by atomic mass is 10.0. The van der Waals surface area contributed by atoms with Crippen LogP contribution in [0.5, 0.6) is 0 Å². The van der Waals surface area contributed by atoms with Gasteiger partial charge in [-0.05, 0) is 20.8 Å². The first-order valence-electron chi connectivity index (χ1n) is 6.42. The molecule has 0 aromatic carbocycles. The average molecular weight is 242 g/mol. The zero-order valence-electron chi connectivity index (χ0n) is 12.4. The maximum Gasteiger partial charge on any atom is 0.0630 e. The van der Waals surface area contributed by atoms with E-state index in [0.717, 1.165) is 19.7 Å². The maximum atomic E-state index is 5.34. The molecule has 17 heavy (non-hydrogen) atoms. The van der Waals surface area contributed by atoms with Gasteiger partial charge in [0, 0.05) is 37.8 Å². The second kappa shape index (κ2) is 7.85. The summed E-state index contributed by atoms with van der Waals surface area (Å²) in [6.45, 7) is 17.4. The standard InChI is InChI=1S/C14H30N2O/c1-8-9-16(14(4,5)6)13(11-17-7)10-15-12(2)3/h8,12-13,15H,1,9-11H2,2-7H3. The van der Waals surface area contributed by atoms with Gasteiger partial charge in [0.2, 0.25) is 0 Å². The Morgan fingerprint density at radius 1 is 1.35 bits per heavy atom. The van der Waals surface area contributed by atoms with Gasteiger partial charge in [-0.25, -0.2) is 0 Å². The summed E-state index contributed by atoms with van der Waals surface area (Å²) < 4.78 is 5.34. The fourth-order valence-electron chi connectivity index (χ4n) is 1.93. The first-order valence-corrected chi connectivity index (χ1v) is 6.42. The van der Waals surface area contributed by atoms with Crippen LogP contribution in [0.3, 0.4) is 0 Å². The van der Waals surface area contributed by atoms with E-state index < -0.39 is 0 Å². The number of ether oxygens (including phenoxy) is 1. The molecule has 0 aromatic rings. The van der Waals surface area contributed by atoms with Gasteiger partial charge in [0.1, 0.15) is 0 Å². The molecule has 0 saturated carbocycles. The van der Waals surface area contributed by atoms with E-state index in [-0.39, 0.29) is 5.54 Å². The molecule has 102 valence electrons. The Morgan fingerprint density at radius 2 is 1.94 bits per heavy atom. The topological polar surface area (TPSA) is 24.5 Å². The molecule has 1 unspecified atom stereocenters. The van der Waals surface area contributed by atoms with Crippen molar-refractivity contribution in [2.45, 2.75) is 52.2 Å². The maximum absolute atomic E-state index is 5.34. The van der Waals surface area contributed by atoms with Crippen molar-refractivity contribution in [2.24, 2.45) is 0 Å². The molecule has 1 atom stereocenters. The third-order valence-electron chi connectivity index (χ3n) is 2.75. The number of hydrogen-bond acceptors (Lipinski definition) is 3. The second-order valence-electron chi connectivity index (χ2n) is 5.78. The number of nitrogens with one attached hydrogen (secondary N) is 1. The molecular formula is C14H30N2O. The molecule has 0 saturated heterocycles. The monoisotopic (exact) mass is 242 g/mol. The van der Waals surface area contributed by atoms with Crippen LogP contribution < -0.4 is 5.32 Å². The van der Waals surface area contributed by atoms with E-state index in [9.17, 15) is 0 Å². The zero-order valence-corrected chi connectivity index (χ0v) is 12.4. The minimum atomic E-state index is 0.121. The minimum Gasteiger partial charge on any atom is -0.383 e. The van der Waals surface area contributed by atoms with Gasteiger partial charge in [-0.3, -0.25) is 4.90 Å². The lowest BCUT2D eigenvalue weighted by Gasteiger charge is -2.41. The molecule has 0 amide bonds. The summed E-state index contributed by atoms with van der Waals surface area (Å²) in [5.74, 6) is 0. The Bertz CT molecular complexity index is 209. The zero-order chi connectivity index (χ0) is 13.5. The van der Waals surface area contributed by atoms with Crippen LogP contribution in [-0.4, -0.2) is 49.3 Å². The lowest BCUT2D eigenvalue weighted by molar-refractivity contribution is 0.0391. The molecule has 0 heterocycles. The van der Waals surface area contributed by atoms with Gasteiger partial charge in [-0.15, -0.1) is 6.58 Å². The number of methoxy groups -OCH3 is 1. The van der Waals surface area contributed by atoms with Gasteiger partial charge in [0.05, 0.1) is 6.61 Å². The molecular weight excluding hydrogens is 212 g/mol. The quantitative estimate of drug-likeness (QED) is 0.661. The smallest absolute Gasteiger partial charge is 0.0630 e. The van der Waals surface area contributed by atoms with Gasteiger partial charge in [-0.1, -0.05) is 19.9 Å². The molecule has 0 aliphatic heterocycles. The van der Waals surface area contributed by atoms with Crippen LogP contribution in [0.2, 0.25) is 0 Å². The Kier molecular flexibility index (Phi) is 7.68. The highest BCUT2D eigenvalue weighted by Gasteiger charge is 2.27. The number of hydrogen-bond donors (Lipinski definition) is 1. The first kappa shape index (κ1) is 16.6. The molecule has 3 heteroatoms. The van der Waals surface area contributed by atoms with E-state index in [2.05, 4.69) is 51.4 Å². The van der Waals surface area contributed by atoms with Crippen LogP contribution in [-0.2, 0) is 4.74 Å². The van der Waals surface area contributed by atoms with Gasteiger partial charge < -0.3 is 10.1 Å². The highest BCUT2D eigenvalue weighted by atomic mass is 16.5. The van der Waals surface area contributed by atoms with Crippen molar-refractivity contribution in [2.75, 3.05) is 26.8 Å². The Balaban J connectivity index is 4.63. The van der Waals surface area contributed by atoms with Crippen molar-refractivity contribution >= 4 is 0 Å². The molecule has 0 spiro atoms. The predicted molar refractivity (Wildman–Crippen MR) is 75.5 cm³/mol. The van der Waals surface area contributed by atoms with E-state index in [4.69, 9.17) is 4.74 Å². The van der Waals surface area contributed by atoms with Crippen LogP contribution in [0.25, 0.3) is 0 Å². The van der Waals surface area contributed by atoms with Gasteiger partial charge >= 0.3 is 0 Å². The summed E-state index contributed by atoms with van der Waals surface area (Å²) in [4.78, 5) is 2.43. The van der Waals surface area contributed by atoms with Crippen molar-refractivity contribution in [3.8, 4) is 0 Å². The normalized spacial score (nSPS) is 14.4. The highest BCUT2D eigenvalue weighted by Crippen LogP contribution is 2.17. The molecule has 1 N–H and O–H groups in total. The molecule has 3 nitrogen and oxygen atoms in total. The second-order valence-corrected chi connectivity index (χ2v) is 5.78. The molecule has 0 aliphatic rings. The largest absolute Gasteiger partial charge is 0.383 e. The molecule has 0 radical (unpaired) electrons. The highest BCUT2D eigenvalue weighted by molar-refractivity contribution is 4.89. The Hall–Kier alpha value is -0.380. The molecule has 0 bridgehead atoms. The van der Waals surface area contributed by atoms with Crippen molar-refractivity contribution in [1.82, 2.24) is 10.2 Å². The summed E-state index contributed by atoms with van der Waals surface area (Å²) in [5, 5.41) is 3.49. The van der Waals surface area contributed by atoms with Gasteiger partial charge in [-0.2, -0.15) is 0 Å². The third-order valence-corrected chi connectivity index (χ3v) is 2.75. The molecule has 0 aromatic heterocycles. The SMILES string of the molecule is C=CCN(C(CNC(C)C)COC)C(C)(C)C. The van der Waals surface area contributed by atoms with E-state index in [1.54, 1.807) is 7.11 Å². The summed E-state index contributed by atoms with van der Waals surface area (Å²) in [6.07, 6.45) is 1.96. The van der Waals surface area contributed by atoms with Crippen LogP contribution in [0.4, 0.5) is 0 Å². The van der Waals surface area contributed by atoms with Crippen molar-refractivity contribution in [3.05, 3.63) is 12.7 Å². The Labute approximate surface area is 107 Å². The summed E-state index contributed by atoms with van der Waals surface area (Å²) in [7, 11) is 1.76. The minimum absolute atomic E-state index is 0.121. The molecule has 0 rings (SSSR count). The van der Waals surface area contributed by atoms with Crippen LogP contribution in [0, 0.1) is 0 Å². The van der Waals surface area contributed by atoms with E-state index >= 15 is 0 Å². The van der Waals surface area contributed by atoms with Crippen LogP contribution in [0.1, 0.15) is 34.6 Å². The van der Waals surface area contributed by atoms with E-state index in [1.165, 1.54) is 0 Å². The summed E-state index contributed by atoms with van der Waals surface area (Å²) >= 11 is 0. The average Bonchev–Trinajstić information content (AvgIpc) is 2.19. The lowest BCUT2D eigenvalue weighted by Crippen LogP contribution is -2.54. The number of rotatable bonds is 8. The van der Waals surface area contributed by atoms with Crippen molar-refractivity contribution in [1.29, 1.82) is 0 Å². The van der Waals surface area contributed by atoms with Gasteiger partial charge in [0.15, 0.2) is 0 Å². The molecule has 0 fully saturated rings. The summed E-state index contributed by atoms with van der Waals surface area (Å²) in [5.41, 5.74) is 0.121. The van der Waals surface area contributed by atoms with E-state index in [1.807, 2.05) is 6.08 Å². The fraction of sp³-hybridized carbons (Fsp3) is 0.857. The van der Waals surface area contributed by atoms with Crippen LogP contribution >= 0.6 is 0 Å². The summed E-state index contributed by atoms with van der Waals surface area (Å²) in [6, 6.07) is 0.875. The van der Waals surface area contributed by atoms with Crippen molar-refractivity contribution < 1.29 is 4.74 Å². The Morgan fingerprint density at radius 3 is 2.29 bits per heavy atom. The third kappa shape index (κ3) is 6.81. The van der Waals surface area contributed by atoms with Crippen LogP contribution in [0.15, 0.2) is 12.7 Å². The predicted octanol–water partition coefficient (Wildman–Crippen LogP) is 2.29. The first-order chi connectivity index (χ1) is 7.82. The van der Waals surface area contributed by atoms with Crippen molar-refractivity contribution in [3.63, 3.8) is 0 Å². The van der Waals surface area contributed by atoms with Gasteiger partial charge in [0.25, 0.3) is 0 Å². The molecule has 0 aliphatic carbocycles. The van der Waals surface area contributed by atoms with E-state index in [0.29, 0.717) is 12.1 Å². The number of nitrogens with zero attached hydrogens (tertiary/aromatic N) is 1. The fourth-order valence-corrected chi connectivity index (χ4v) is 1.93.